The second-order valence-electron chi connectivity index (χ2n) is 6.27. The number of hydrogen-bond acceptors (Lipinski definition) is 3. The molecule has 0 radical (unpaired) electrons. The van der Waals surface area contributed by atoms with E-state index in [0.717, 1.165) is 5.56 Å². The van der Waals surface area contributed by atoms with E-state index in [1.807, 2.05) is 0 Å². The van der Waals surface area contributed by atoms with Crippen molar-refractivity contribution in [3.8, 4) is 0 Å². The number of amides is 1. The van der Waals surface area contributed by atoms with E-state index in [9.17, 15) is 26.7 Å². The van der Waals surface area contributed by atoms with Crippen molar-refractivity contribution in [2.45, 2.75) is 25.1 Å². The Morgan fingerprint density at radius 1 is 1.19 bits per heavy atom. The number of benzene rings is 1. The molecule has 0 saturated carbocycles. The molecule has 1 aliphatic rings. The lowest BCUT2D eigenvalue weighted by Gasteiger charge is -2.31. The third-order valence-electron chi connectivity index (χ3n) is 4.38. The fourth-order valence-electron chi connectivity index (χ4n) is 2.86. The van der Waals surface area contributed by atoms with E-state index in [2.05, 4.69) is 0 Å². The number of alkyl halides is 5. The Bertz CT molecular complexity index is 599. The first kappa shape index (κ1) is 22.6. The predicted octanol–water partition coefficient (Wildman–Crippen LogP) is 2.57. The van der Waals surface area contributed by atoms with Crippen molar-refractivity contribution in [2.24, 2.45) is 11.1 Å². The highest BCUT2D eigenvalue weighted by Crippen LogP contribution is 2.46. The Morgan fingerprint density at radius 3 is 2.35 bits per heavy atom. The lowest BCUT2D eigenvalue weighted by Crippen LogP contribution is -2.54. The van der Waals surface area contributed by atoms with Gasteiger partial charge < -0.3 is 11.1 Å². The van der Waals surface area contributed by atoms with Crippen molar-refractivity contribution >= 4 is 18.3 Å². The van der Waals surface area contributed by atoms with Crippen LogP contribution in [-0.4, -0.2) is 49.1 Å². The van der Waals surface area contributed by atoms with Gasteiger partial charge in [0, 0.05) is 13.1 Å². The molecule has 0 bridgehead atoms. The van der Waals surface area contributed by atoms with Crippen LogP contribution in [0.5, 0.6) is 0 Å². The van der Waals surface area contributed by atoms with Gasteiger partial charge in [0.1, 0.15) is 0 Å². The quantitative estimate of drug-likeness (QED) is 0.720. The molecule has 26 heavy (non-hydrogen) atoms. The highest BCUT2D eigenvalue weighted by atomic mass is 35.5. The van der Waals surface area contributed by atoms with Gasteiger partial charge in [0.25, 0.3) is 5.92 Å². The number of likely N-dealkylation sites (tertiary alicyclic amines) is 1. The maximum Gasteiger partial charge on any atom is 0.404 e. The van der Waals surface area contributed by atoms with Gasteiger partial charge in [-0.1, -0.05) is 30.3 Å². The highest BCUT2D eigenvalue weighted by Gasteiger charge is 2.63. The molecule has 1 fully saturated rings. The zero-order valence-corrected chi connectivity index (χ0v) is 14.7. The monoisotopic (exact) mass is 401 g/mol. The van der Waals surface area contributed by atoms with Gasteiger partial charge in [-0.2, -0.15) is 13.2 Å². The summed E-state index contributed by atoms with van der Waals surface area (Å²) < 4.78 is 67.1. The third kappa shape index (κ3) is 5.05. The number of nitrogens with one attached hydrogen (secondary N) is 1. The Morgan fingerprint density at radius 2 is 1.81 bits per heavy atom. The lowest BCUT2D eigenvalue weighted by atomic mass is 9.85. The molecule has 3 N–H and O–H groups in total. The summed E-state index contributed by atoms with van der Waals surface area (Å²) in [5, 5.41) is 1.73. The second-order valence-corrected chi connectivity index (χ2v) is 6.27. The minimum Gasteiger partial charge on any atom is -0.349 e. The Kier molecular flexibility index (Phi) is 7.38. The van der Waals surface area contributed by atoms with Crippen LogP contribution in [0, 0.1) is 5.41 Å². The zero-order chi connectivity index (χ0) is 18.7. The molecule has 10 heteroatoms. The Hall–Kier alpha value is -1.45. The van der Waals surface area contributed by atoms with Crippen LogP contribution in [0.4, 0.5) is 22.0 Å². The number of carbonyl (C=O) groups excluding carboxylic acids is 1. The topological polar surface area (TPSA) is 58.4 Å². The standard InChI is InChI=1S/C16H20F5N3O.ClH/c17-15(18,9-22)10-23-13(25)14(16(19,20)21)6-7-24(11-14)8-12-4-2-1-3-5-12;/h1-5H,6-11,22H2,(H,23,25);1H. The van der Waals surface area contributed by atoms with Gasteiger partial charge in [0.05, 0.1) is 13.1 Å². The molecule has 1 atom stereocenters. The maximum atomic E-state index is 13.6. The molecule has 4 nitrogen and oxygen atoms in total. The van der Waals surface area contributed by atoms with Crippen LogP contribution in [0.3, 0.4) is 0 Å². The van der Waals surface area contributed by atoms with Crippen molar-refractivity contribution < 1.29 is 26.7 Å². The predicted molar refractivity (Wildman–Crippen MR) is 89.1 cm³/mol. The van der Waals surface area contributed by atoms with E-state index in [1.54, 1.807) is 35.6 Å². The van der Waals surface area contributed by atoms with Gasteiger partial charge in [-0.05, 0) is 18.5 Å². The zero-order valence-electron chi connectivity index (χ0n) is 13.9. The van der Waals surface area contributed by atoms with Crippen LogP contribution >= 0.6 is 12.4 Å². The van der Waals surface area contributed by atoms with Crippen LogP contribution in [0.25, 0.3) is 0 Å². The van der Waals surface area contributed by atoms with Gasteiger partial charge in [0.15, 0.2) is 5.41 Å². The van der Waals surface area contributed by atoms with E-state index in [1.165, 1.54) is 4.90 Å². The Balaban J connectivity index is 0.00000338. The molecule has 1 aliphatic heterocycles. The van der Waals surface area contributed by atoms with Crippen LogP contribution in [0.1, 0.15) is 12.0 Å². The summed E-state index contributed by atoms with van der Waals surface area (Å²) in [5.41, 5.74) is 2.97. The van der Waals surface area contributed by atoms with Crippen LogP contribution in [0.15, 0.2) is 30.3 Å². The molecule has 0 aliphatic carbocycles. The summed E-state index contributed by atoms with van der Waals surface area (Å²) in [6, 6.07) is 8.87. The number of nitrogens with two attached hydrogens (primary N) is 1. The van der Waals surface area contributed by atoms with Crippen LogP contribution < -0.4 is 11.1 Å². The summed E-state index contributed by atoms with van der Waals surface area (Å²) >= 11 is 0. The molecular weight excluding hydrogens is 381 g/mol. The van der Waals surface area contributed by atoms with Crippen LogP contribution in [0.2, 0.25) is 0 Å². The molecule has 148 valence electrons. The third-order valence-corrected chi connectivity index (χ3v) is 4.38. The van der Waals surface area contributed by atoms with E-state index >= 15 is 0 Å². The van der Waals surface area contributed by atoms with Gasteiger partial charge in [-0.25, -0.2) is 8.78 Å². The molecule has 1 amide bonds. The smallest absolute Gasteiger partial charge is 0.349 e. The second kappa shape index (κ2) is 8.49. The number of halogens is 6. The van der Waals surface area contributed by atoms with Crippen molar-refractivity contribution in [2.75, 3.05) is 26.2 Å². The van der Waals surface area contributed by atoms with Gasteiger partial charge in [-0.3, -0.25) is 9.69 Å². The normalized spacial score (nSPS) is 21.3. The van der Waals surface area contributed by atoms with Gasteiger partial charge in [0.2, 0.25) is 5.91 Å². The molecular formula is C16H21ClF5N3O. The number of rotatable bonds is 6. The molecule has 1 aromatic carbocycles. The van der Waals surface area contributed by atoms with Crippen molar-refractivity contribution in [3.05, 3.63) is 35.9 Å². The fraction of sp³-hybridized carbons (Fsp3) is 0.562. The summed E-state index contributed by atoms with van der Waals surface area (Å²) in [4.78, 5) is 13.6. The first-order valence-corrected chi connectivity index (χ1v) is 7.79. The molecule has 2 rings (SSSR count). The molecule has 1 saturated heterocycles. The Labute approximate surface area is 154 Å². The molecule has 0 aromatic heterocycles. The van der Waals surface area contributed by atoms with Crippen molar-refractivity contribution in [1.29, 1.82) is 0 Å². The van der Waals surface area contributed by atoms with E-state index < -0.39 is 49.5 Å². The van der Waals surface area contributed by atoms with Gasteiger partial charge in [-0.15, -0.1) is 12.4 Å². The van der Waals surface area contributed by atoms with Crippen LogP contribution in [-0.2, 0) is 11.3 Å². The summed E-state index contributed by atoms with van der Waals surface area (Å²) in [7, 11) is 0. The molecule has 0 spiro atoms. The first-order valence-electron chi connectivity index (χ1n) is 7.79. The minimum absolute atomic E-state index is 0. The number of hydrogen-bond donors (Lipinski definition) is 2. The van der Waals surface area contributed by atoms with Crippen molar-refractivity contribution in [1.82, 2.24) is 10.2 Å². The van der Waals surface area contributed by atoms with E-state index in [0.29, 0.717) is 0 Å². The van der Waals surface area contributed by atoms with E-state index in [4.69, 9.17) is 5.73 Å². The fourth-order valence-corrected chi connectivity index (χ4v) is 2.86. The average Bonchev–Trinajstić information content (AvgIpc) is 2.99. The molecule has 1 unspecified atom stereocenters. The molecule has 1 heterocycles. The largest absolute Gasteiger partial charge is 0.404 e. The highest BCUT2D eigenvalue weighted by molar-refractivity contribution is 5.85. The summed E-state index contributed by atoms with van der Waals surface area (Å²) in [6.07, 6.45) is -5.30. The molecule has 1 aromatic rings. The summed E-state index contributed by atoms with van der Waals surface area (Å²) in [5.74, 6) is -4.87. The van der Waals surface area contributed by atoms with Gasteiger partial charge >= 0.3 is 6.18 Å². The number of nitrogens with zero attached hydrogens (tertiary/aromatic N) is 1. The van der Waals surface area contributed by atoms with E-state index in [-0.39, 0.29) is 25.5 Å². The average molecular weight is 402 g/mol. The first-order chi connectivity index (χ1) is 11.6. The minimum atomic E-state index is -4.83. The SMILES string of the molecule is Cl.NCC(F)(F)CNC(=O)C1(C(F)(F)F)CCN(Cc2ccccc2)C1. The lowest BCUT2D eigenvalue weighted by molar-refractivity contribution is -0.218. The van der Waals surface area contributed by atoms with Crippen molar-refractivity contribution in [3.63, 3.8) is 0 Å². The summed E-state index contributed by atoms with van der Waals surface area (Å²) in [6.45, 7) is -2.52. The number of carbonyl (C=O) groups is 1. The maximum absolute atomic E-state index is 13.6.